The molecule has 0 saturated heterocycles. The van der Waals surface area contributed by atoms with E-state index in [-0.39, 0.29) is 12.5 Å². The molecule has 1 heterocycles. The molecule has 0 aliphatic rings. The van der Waals surface area contributed by atoms with Gasteiger partial charge in [0.25, 0.3) is 11.8 Å². The van der Waals surface area contributed by atoms with E-state index < -0.39 is 5.91 Å². The number of amides is 2. The van der Waals surface area contributed by atoms with Crippen molar-refractivity contribution in [1.29, 1.82) is 0 Å². The largest absolute Gasteiger partial charge is 0.460 e. The fourth-order valence-electron chi connectivity index (χ4n) is 1.58. The first-order valence-electron chi connectivity index (χ1n) is 6.37. The molecule has 2 N–H and O–H groups in total. The van der Waals surface area contributed by atoms with Crippen LogP contribution in [0.2, 0.25) is 0 Å². The van der Waals surface area contributed by atoms with Crippen LogP contribution in [0, 0.1) is 6.92 Å². The van der Waals surface area contributed by atoms with Crippen molar-refractivity contribution in [2.24, 2.45) is 5.10 Å². The molecule has 1 aromatic carbocycles. The van der Waals surface area contributed by atoms with E-state index in [2.05, 4.69) is 15.8 Å². The molecule has 0 unspecified atom stereocenters. The van der Waals surface area contributed by atoms with Gasteiger partial charge in [0.1, 0.15) is 11.5 Å². The van der Waals surface area contributed by atoms with Crippen LogP contribution in [0.25, 0.3) is 0 Å². The van der Waals surface area contributed by atoms with E-state index in [0.717, 1.165) is 5.76 Å². The van der Waals surface area contributed by atoms with Crippen LogP contribution in [0.4, 0.5) is 0 Å². The lowest BCUT2D eigenvalue weighted by Crippen LogP contribution is -2.34. The summed E-state index contributed by atoms with van der Waals surface area (Å²) < 4.78 is 5.25. The predicted molar refractivity (Wildman–Crippen MR) is 78.0 cm³/mol. The predicted octanol–water partition coefficient (Wildman–Crippen LogP) is 1.47. The summed E-state index contributed by atoms with van der Waals surface area (Å²) in [6.07, 6.45) is 1.39. The van der Waals surface area contributed by atoms with Gasteiger partial charge in [-0.2, -0.15) is 5.10 Å². The zero-order chi connectivity index (χ0) is 15.1. The Morgan fingerprint density at radius 3 is 2.62 bits per heavy atom. The Morgan fingerprint density at radius 2 is 1.95 bits per heavy atom. The molecule has 2 amide bonds. The summed E-state index contributed by atoms with van der Waals surface area (Å²) in [5, 5.41) is 6.24. The first-order chi connectivity index (χ1) is 10.1. The molecule has 2 aromatic rings. The number of aryl methyl sites for hydroxylation is 1. The standard InChI is InChI=1S/C15H15N3O3/c1-11-7-8-13(21-11)9-17-18-14(19)10-16-15(20)12-5-3-2-4-6-12/h2-9H,10H2,1H3,(H,16,20)(H,18,19)/b17-9+. The van der Waals surface area contributed by atoms with Crippen LogP contribution >= 0.6 is 0 Å². The first kappa shape index (κ1) is 14.5. The lowest BCUT2D eigenvalue weighted by Gasteiger charge is -2.03. The maximum Gasteiger partial charge on any atom is 0.259 e. The molecule has 0 aliphatic heterocycles. The average molecular weight is 285 g/mol. The number of benzene rings is 1. The number of carbonyl (C=O) groups is 2. The Morgan fingerprint density at radius 1 is 1.19 bits per heavy atom. The third-order valence-corrected chi connectivity index (χ3v) is 2.59. The topological polar surface area (TPSA) is 83.7 Å². The molecular formula is C15H15N3O3. The van der Waals surface area contributed by atoms with Gasteiger partial charge in [0.2, 0.25) is 0 Å². The van der Waals surface area contributed by atoms with E-state index in [1.807, 2.05) is 13.0 Å². The molecular weight excluding hydrogens is 270 g/mol. The highest BCUT2D eigenvalue weighted by Crippen LogP contribution is 2.02. The van der Waals surface area contributed by atoms with Crippen LogP contribution in [0.1, 0.15) is 21.9 Å². The molecule has 0 atom stereocenters. The second kappa shape index (κ2) is 7.04. The number of nitrogens with one attached hydrogen (secondary N) is 2. The second-order valence-electron chi connectivity index (χ2n) is 4.29. The van der Waals surface area contributed by atoms with Gasteiger partial charge in [-0.15, -0.1) is 0 Å². The van der Waals surface area contributed by atoms with Crippen LogP contribution < -0.4 is 10.7 Å². The van der Waals surface area contributed by atoms with Gasteiger partial charge in [-0.3, -0.25) is 9.59 Å². The molecule has 6 heteroatoms. The van der Waals surface area contributed by atoms with Gasteiger partial charge >= 0.3 is 0 Å². The number of hydrogen-bond donors (Lipinski definition) is 2. The van der Waals surface area contributed by atoms with E-state index in [9.17, 15) is 9.59 Å². The molecule has 0 radical (unpaired) electrons. The fraction of sp³-hybridized carbons (Fsp3) is 0.133. The Labute approximate surface area is 121 Å². The highest BCUT2D eigenvalue weighted by atomic mass is 16.3. The molecule has 6 nitrogen and oxygen atoms in total. The lowest BCUT2D eigenvalue weighted by atomic mass is 10.2. The molecule has 2 rings (SSSR count). The number of rotatable bonds is 5. The Bertz CT molecular complexity index is 647. The van der Waals surface area contributed by atoms with Gasteiger partial charge in [-0.25, -0.2) is 5.43 Å². The normalized spacial score (nSPS) is 10.5. The van der Waals surface area contributed by atoms with Gasteiger partial charge in [0.15, 0.2) is 0 Å². The molecule has 0 saturated carbocycles. The Hall–Kier alpha value is -2.89. The number of hydrazone groups is 1. The molecule has 0 aliphatic carbocycles. The number of furan rings is 1. The second-order valence-corrected chi connectivity index (χ2v) is 4.29. The minimum atomic E-state index is -0.418. The molecule has 0 fully saturated rings. The fourth-order valence-corrected chi connectivity index (χ4v) is 1.58. The smallest absolute Gasteiger partial charge is 0.259 e. The Kier molecular flexibility index (Phi) is 4.87. The summed E-state index contributed by atoms with van der Waals surface area (Å²) in [4.78, 5) is 23.2. The van der Waals surface area contributed by atoms with E-state index in [1.54, 1.807) is 36.4 Å². The van der Waals surface area contributed by atoms with Crippen LogP contribution in [-0.4, -0.2) is 24.6 Å². The minimum absolute atomic E-state index is 0.151. The third-order valence-electron chi connectivity index (χ3n) is 2.59. The van der Waals surface area contributed by atoms with Crippen molar-refractivity contribution < 1.29 is 14.0 Å². The van der Waals surface area contributed by atoms with E-state index >= 15 is 0 Å². The van der Waals surface area contributed by atoms with Gasteiger partial charge in [-0.05, 0) is 31.2 Å². The Balaban J connectivity index is 1.75. The molecule has 108 valence electrons. The molecule has 0 spiro atoms. The summed E-state index contributed by atoms with van der Waals surface area (Å²) in [5.41, 5.74) is 2.80. The summed E-state index contributed by atoms with van der Waals surface area (Å²) in [7, 11) is 0. The zero-order valence-corrected chi connectivity index (χ0v) is 11.5. The monoisotopic (exact) mass is 285 g/mol. The van der Waals surface area contributed by atoms with Gasteiger partial charge in [0.05, 0.1) is 12.8 Å². The lowest BCUT2D eigenvalue weighted by molar-refractivity contribution is -0.120. The highest BCUT2D eigenvalue weighted by molar-refractivity contribution is 5.96. The summed E-state index contributed by atoms with van der Waals surface area (Å²) in [6, 6.07) is 12.2. The maximum absolute atomic E-state index is 11.7. The van der Waals surface area contributed by atoms with Crippen molar-refractivity contribution in [1.82, 2.24) is 10.7 Å². The van der Waals surface area contributed by atoms with E-state index in [1.165, 1.54) is 6.21 Å². The van der Waals surface area contributed by atoms with E-state index in [4.69, 9.17) is 4.42 Å². The number of nitrogens with zero attached hydrogens (tertiary/aromatic N) is 1. The van der Waals surface area contributed by atoms with Crippen molar-refractivity contribution in [3.05, 3.63) is 59.5 Å². The summed E-state index contributed by atoms with van der Waals surface area (Å²) in [5.74, 6) is 0.578. The number of carbonyl (C=O) groups excluding carboxylic acids is 2. The van der Waals surface area contributed by atoms with Crippen molar-refractivity contribution >= 4 is 18.0 Å². The molecule has 0 bridgehead atoms. The highest BCUT2D eigenvalue weighted by Gasteiger charge is 2.06. The summed E-state index contributed by atoms with van der Waals surface area (Å²) in [6.45, 7) is 1.66. The first-order valence-corrected chi connectivity index (χ1v) is 6.37. The minimum Gasteiger partial charge on any atom is -0.460 e. The molecule has 21 heavy (non-hydrogen) atoms. The van der Waals surface area contributed by atoms with Crippen molar-refractivity contribution in [2.45, 2.75) is 6.92 Å². The van der Waals surface area contributed by atoms with Crippen molar-refractivity contribution in [2.75, 3.05) is 6.54 Å². The van der Waals surface area contributed by atoms with Crippen molar-refractivity contribution in [3.8, 4) is 0 Å². The van der Waals surface area contributed by atoms with Gasteiger partial charge in [-0.1, -0.05) is 18.2 Å². The maximum atomic E-state index is 11.7. The van der Waals surface area contributed by atoms with Crippen LogP contribution in [-0.2, 0) is 4.79 Å². The van der Waals surface area contributed by atoms with Gasteiger partial charge in [0, 0.05) is 5.56 Å². The van der Waals surface area contributed by atoms with Crippen LogP contribution in [0.5, 0.6) is 0 Å². The number of hydrogen-bond acceptors (Lipinski definition) is 4. The average Bonchev–Trinajstić information content (AvgIpc) is 2.91. The molecule has 1 aromatic heterocycles. The summed E-state index contributed by atoms with van der Waals surface area (Å²) >= 11 is 0. The van der Waals surface area contributed by atoms with E-state index in [0.29, 0.717) is 11.3 Å². The quantitative estimate of drug-likeness (QED) is 0.644. The van der Waals surface area contributed by atoms with Crippen molar-refractivity contribution in [3.63, 3.8) is 0 Å². The third kappa shape index (κ3) is 4.61. The van der Waals surface area contributed by atoms with Crippen LogP contribution in [0.15, 0.2) is 52.0 Å². The van der Waals surface area contributed by atoms with Gasteiger partial charge < -0.3 is 9.73 Å². The van der Waals surface area contributed by atoms with Crippen LogP contribution in [0.3, 0.4) is 0 Å². The SMILES string of the molecule is Cc1ccc(/C=N/NC(=O)CNC(=O)c2ccccc2)o1. The zero-order valence-electron chi connectivity index (χ0n) is 11.5.